The molecule has 3 nitrogen and oxygen atoms in total. The molecule has 1 heterocycles. The van der Waals surface area contributed by atoms with Gasteiger partial charge in [0.05, 0.1) is 11.1 Å². The molecule has 2 aromatic rings. The highest BCUT2D eigenvalue weighted by Gasteiger charge is 2.18. The zero-order valence-electron chi connectivity index (χ0n) is 12.6. The van der Waals surface area contributed by atoms with Crippen LogP contribution in [0, 0.1) is 6.92 Å². The Balaban J connectivity index is 2.72. The second-order valence-electron chi connectivity index (χ2n) is 5.33. The van der Waals surface area contributed by atoms with Crippen molar-refractivity contribution in [3.8, 4) is 0 Å². The molecule has 0 atom stereocenters. The van der Waals surface area contributed by atoms with Gasteiger partial charge in [-0.3, -0.25) is 0 Å². The second kappa shape index (κ2) is 6.12. The number of carboxylic acids is 1. The average Bonchev–Trinajstić information content (AvgIpc) is 2.70. The number of nitrogens with zero attached hydrogens (tertiary/aromatic N) is 1. The lowest BCUT2D eigenvalue weighted by Gasteiger charge is -2.08. The number of para-hydroxylation sites is 1. The maximum atomic E-state index is 11.5. The van der Waals surface area contributed by atoms with Gasteiger partial charge in [-0.25, -0.2) is 4.79 Å². The first-order valence-electron chi connectivity index (χ1n) is 7.45. The first-order chi connectivity index (χ1) is 9.61. The average molecular weight is 273 g/mol. The summed E-state index contributed by atoms with van der Waals surface area (Å²) in [6.07, 6.45) is 4.33. The summed E-state index contributed by atoms with van der Waals surface area (Å²) in [4.78, 5) is 11.5. The number of carbonyl (C=O) groups is 1. The van der Waals surface area contributed by atoms with E-state index in [2.05, 4.69) is 31.4 Å². The van der Waals surface area contributed by atoms with Gasteiger partial charge in [0, 0.05) is 17.6 Å². The van der Waals surface area contributed by atoms with Crippen LogP contribution in [-0.4, -0.2) is 15.6 Å². The third-order valence-electron chi connectivity index (χ3n) is 3.93. The minimum atomic E-state index is -0.840. The molecule has 0 aliphatic carbocycles. The second-order valence-corrected chi connectivity index (χ2v) is 5.33. The van der Waals surface area contributed by atoms with Crippen LogP contribution in [0.25, 0.3) is 10.9 Å². The lowest BCUT2D eigenvalue weighted by Crippen LogP contribution is -2.04. The Labute approximate surface area is 120 Å². The van der Waals surface area contributed by atoms with Crippen LogP contribution in [-0.2, 0) is 13.0 Å². The quantitative estimate of drug-likeness (QED) is 0.847. The van der Waals surface area contributed by atoms with Crippen molar-refractivity contribution in [3.63, 3.8) is 0 Å². The maximum absolute atomic E-state index is 11.5. The van der Waals surface area contributed by atoms with E-state index in [9.17, 15) is 9.90 Å². The number of hydrogen-bond donors (Lipinski definition) is 1. The van der Waals surface area contributed by atoms with E-state index in [1.54, 1.807) is 6.07 Å². The fourth-order valence-electron chi connectivity index (χ4n) is 2.95. The number of benzene rings is 1. The Morgan fingerprint density at radius 3 is 2.60 bits per heavy atom. The fraction of sp³-hybridized carbons (Fsp3) is 0.471. The van der Waals surface area contributed by atoms with Crippen molar-refractivity contribution in [2.45, 2.75) is 53.0 Å². The standard InChI is InChI=1S/C17H23NO2/c1-4-6-8-13-12(3)18(11-5-2)16-14(13)9-7-10-15(16)17(19)20/h7,9-10H,4-6,8,11H2,1-3H3,(H,19,20). The Hall–Kier alpha value is -1.77. The molecule has 108 valence electrons. The molecule has 1 aromatic heterocycles. The highest BCUT2D eigenvalue weighted by Crippen LogP contribution is 2.30. The predicted molar refractivity (Wildman–Crippen MR) is 82.5 cm³/mol. The van der Waals surface area contributed by atoms with Crippen molar-refractivity contribution < 1.29 is 9.90 Å². The number of aromatic carboxylic acids is 1. The van der Waals surface area contributed by atoms with Gasteiger partial charge in [-0.05, 0) is 37.8 Å². The summed E-state index contributed by atoms with van der Waals surface area (Å²) in [5.74, 6) is -0.840. The number of carboxylic acid groups (broad SMARTS) is 1. The van der Waals surface area contributed by atoms with Crippen molar-refractivity contribution in [2.24, 2.45) is 0 Å². The van der Waals surface area contributed by atoms with Crippen LogP contribution in [0.5, 0.6) is 0 Å². The van der Waals surface area contributed by atoms with Crippen LogP contribution in [0.15, 0.2) is 18.2 Å². The molecular formula is C17H23NO2. The summed E-state index contributed by atoms with van der Waals surface area (Å²) >= 11 is 0. The minimum absolute atomic E-state index is 0.418. The molecule has 0 radical (unpaired) electrons. The third-order valence-corrected chi connectivity index (χ3v) is 3.93. The molecule has 0 amide bonds. The summed E-state index contributed by atoms with van der Waals surface area (Å²) in [6.45, 7) is 7.30. The molecule has 2 rings (SSSR count). The van der Waals surface area contributed by atoms with Gasteiger partial charge >= 0.3 is 5.97 Å². The van der Waals surface area contributed by atoms with Crippen LogP contribution in [0.3, 0.4) is 0 Å². The van der Waals surface area contributed by atoms with Crippen LogP contribution in [0.4, 0.5) is 0 Å². The topological polar surface area (TPSA) is 42.2 Å². The molecular weight excluding hydrogens is 250 g/mol. The summed E-state index contributed by atoms with van der Waals surface area (Å²) in [7, 11) is 0. The van der Waals surface area contributed by atoms with Gasteiger partial charge in [-0.1, -0.05) is 32.4 Å². The van der Waals surface area contributed by atoms with E-state index in [-0.39, 0.29) is 0 Å². The molecule has 0 saturated heterocycles. The first-order valence-corrected chi connectivity index (χ1v) is 7.45. The lowest BCUT2D eigenvalue weighted by molar-refractivity contribution is 0.0698. The molecule has 0 aliphatic rings. The number of unbranched alkanes of at least 4 members (excludes halogenated alkanes) is 1. The number of fused-ring (bicyclic) bond motifs is 1. The van der Waals surface area contributed by atoms with E-state index >= 15 is 0 Å². The van der Waals surface area contributed by atoms with Gasteiger partial charge < -0.3 is 9.67 Å². The van der Waals surface area contributed by atoms with Crippen LogP contribution >= 0.6 is 0 Å². The van der Waals surface area contributed by atoms with E-state index in [1.165, 1.54) is 11.3 Å². The largest absolute Gasteiger partial charge is 0.478 e. The Morgan fingerprint density at radius 1 is 1.25 bits per heavy atom. The van der Waals surface area contributed by atoms with Gasteiger partial charge in [0.2, 0.25) is 0 Å². The maximum Gasteiger partial charge on any atom is 0.337 e. The molecule has 0 bridgehead atoms. The SMILES string of the molecule is CCCCc1c(C)n(CCC)c2c(C(=O)O)cccc12. The van der Waals surface area contributed by atoms with Gasteiger partial charge in [-0.2, -0.15) is 0 Å². The third kappa shape index (κ3) is 2.45. The zero-order valence-corrected chi connectivity index (χ0v) is 12.6. The fourth-order valence-corrected chi connectivity index (χ4v) is 2.95. The number of aromatic nitrogens is 1. The molecule has 3 heteroatoms. The van der Waals surface area contributed by atoms with Crippen molar-refractivity contribution >= 4 is 16.9 Å². The molecule has 0 spiro atoms. The van der Waals surface area contributed by atoms with Gasteiger partial charge in [0.15, 0.2) is 0 Å². The van der Waals surface area contributed by atoms with Crippen LogP contribution in [0.2, 0.25) is 0 Å². The highest BCUT2D eigenvalue weighted by atomic mass is 16.4. The molecule has 0 saturated carbocycles. The predicted octanol–water partition coefficient (Wildman–Crippen LogP) is 4.40. The van der Waals surface area contributed by atoms with Gasteiger partial charge in [0.25, 0.3) is 0 Å². The zero-order chi connectivity index (χ0) is 14.7. The molecule has 0 aliphatic heterocycles. The van der Waals surface area contributed by atoms with E-state index in [0.29, 0.717) is 5.56 Å². The smallest absolute Gasteiger partial charge is 0.337 e. The van der Waals surface area contributed by atoms with E-state index in [4.69, 9.17) is 0 Å². The first kappa shape index (κ1) is 14.6. The Morgan fingerprint density at radius 2 is 2.00 bits per heavy atom. The molecule has 1 N–H and O–H groups in total. The van der Waals surface area contributed by atoms with Crippen molar-refractivity contribution in [1.29, 1.82) is 0 Å². The summed E-state index contributed by atoms with van der Waals surface area (Å²) in [5.41, 5.74) is 3.86. The molecule has 20 heavy (non-hydrogen) atoms. The number of rotatable bonds is 6. The van der Waals surface area contributed by atoms with E-state index in [1.807, 2.05) is 6.07 Å². The van der Waals surface area contributed by atoms with Crippen LogP contribution < -0.4 is 0 Å². The molecule has 0 unspecified atom stereocenters. The summed E-state index contributed by atoms with van der Waals surface area (Å²) < 4.78 is 2.18. The monoisotopic (exact) mass is 273 g/mol. The van der Waals surface area contributed by atoms with Gasteiger partial charge in [0.1, 0.15) is 0 Å². The normalized spacial score (nSPS) is 11.2. The van der Waals surface area contributed by atoms with Gasteiger partial charge in [-0.15, -0.1) is 0 Å². The van der Waals surface area contributed by atoms with E-state index in [0.717, 1.165) is 43.1 Å². The summed E-state index contributed by atoms with van der Waals surface area (Å²) in [6, 6.07) is 5.63. The number of hydrogen-bond acceptors (Lipinski definition) is 1. The van der Waals surface area contributed by atoms with Crippen molar-refractivity contribution in [1.82, 2.24) is 4.57 Å². The van der Waals surface area contributed by atoms with Crippen molar-refractivity contribution in [3.05, 3.63) is 35.0 Å². The van der Waals surface area contributed by atoms with Crippen molar-refractivity contribution in [2.75, 3.05) is 0 Å². The highest BCUT2D eigenvalue weighted by molar-refractivity contribution is 6.03. The Kier molecular flexibility index (Phi) is 4.48. The Bertz CT molecular complexity index is 625. The lowest BCUT2D eigenvalue weighted by atomic mass is 10.0. The molecule has 1 aromatic carbocycles. The minimum Gasteiger partial charge on any atom is -0.478 e. The molecule has 0 fully saturated rings. The summed E-state index contributed by atoms with van der Waals surface area (Å²) in [5, 5.41) is 10.6. The van der Waals surface area contributed by atoms with Crippen LogP contribution in [0.1, 0.15) is 54.7 Å². The number of aryl methyl sites for hydroxylation is 2. The van der Waals surface area contributed by atoms with E-state index < -0.39 is 5.97 Å².